The molecule has 0 radical (unpaired) electrons. The minimum Gasteiger partial charge on any atom is -0.347 e. The summed E-state index contributed by atoms with van der Waals surface area (Å²) in [6, 6.07) is 3.99. The number of carbonyl (C=O) groups is 1. The van der Waals surface area contributed by atoms with Gasteiger partial charge in [-0.3, -0.25) is 9.78 Å². The lowest BCUT2D eigenvalue weighted by atomic mass is 10.3. The molecule has 0 spiro atoms. The zero-order chi connectivity index (χ0) is 13.2. The normalized spacial score (nSPS) is 15.0. The predicted molar refractivity (Wildman–Crippen MR) is 78.9 cm³/mol. The number of hydrogen-bond donors (Lipinski definition) is 1. The van der Waals surface area contributed by atoms with E-state index in [1.807, 2.05) is 23.9 Å². The third-order valence-electron chi connectivity index (χ3n) is 2.67. The second-order valence-corrected chi connectivity index (χ2v) is 6.52. The second-order valence-electron chi connectivity index (χ2n) is 4.09. The Bertz CT molecular complexity index is 598. The van der Waals surface area contributed by atoms with E-state index in [0.717, 1.165) is 17.1 Å². The van der Waals surface area contributed by atoms with Crippen LogP contribution in [0.4, 0.5) is 0 Å². The first-order valence-corrected chi connectivity index (χ1v) is 8.04. The molecule has 0 atom stereocenters. The van der Waals surface area contributed by atoms with Crippen LogP contribution >= 0.6 is 34.7 Å². The fourth-order valence-electron chi connectivity index (χ4n) is 1.62. The third-order valence-corrected chi connectivity index (χ3v) is 5.44. The molecule has 1 amide bonds. The number of thioether (sulfide) groups is 1. The van der Waals surface area contributed by atoms with Crippen LogP contribution in [0, 0.1) is 0 Å². The van der Waals surface area contributed by atoms with Crippen molar-refractivity contribution in [3.63, 3.8) is 0 Å². The summed E-state index contributed by atoms with van der Waals surface area (Å²) in [5.74, 6) is 1.80. The van der Waals surface area contributed by atoms with Crippen molar-refractivity contribution in [1.29, 1.82) is 0 Å². The summed E-state index contributed by atoms with van der Waals surface area (Å²) >= 11 is 9.16. The average Bonchev–Trinajstić information content (AvgIpc) is 2.77. The summed E-state index contributed by atoms with van der Waals surface area (Å²) < 4.78 is 0. The molecule has 1 fully saturated rings. The van der Waals surface area contributed by atoms with E-state index < -0.39 is 0 Å². The first-order chi connectivity index (χ1) is 9.24. The van der Waals surface area contributed by atoms with Crippen LogP contribution in [0.15, 0.2) is 24.5 Å². The van der Waals surface area contributed by atoms with E-state index >= 15 is 0 Å². The number of thiazole rings is 1. The standard InChI is InChI=1S/C12H10ClN3OS2/c13-10-9(11(17)15-8-5-18-6-8)19-12(16-10)7-2-1-3-14-4-7/h1-4,8H,5-6H2,(H,15,17). The van der Waals surface area contributed by atoms with Gasteiger partial charge in [0.05, 0.1) is 0 Å². The molecule has 7 heteroatoms. The summed E-state index contributed by atoms with van der Waals surface area (Å²) in [6.45, 7) is 0. The van der Waals surface area contributed by atoms with Crippen molar-refractivity contribution in [3.05, 3.63) is 34.6 Å². The van der Waals surface area contributed by atoms with Crippen LogP contribution in [0.25, 0.3) is 10.6 Å². The first-order valence-electron chi connectivity index (χ1n) is 5.69. The van der Waals surface area contributed by atoms with Crippen LogP contribution in [-0.2, 0) is 0 Å². The molecule has 0 saturated carbocycles. The molecule has 0 bridgehead atoms. The largest absolute Gasteiger partial charge is 0.347 e. The van der Waals surface area contributed by atoms with Crippen molar-refractivity contribution >= 4 is 40.6 Å². The maximum Gasteiger partial charge on any atom is 0.264 e. The van der Waals surface area contributed by atoms with Gasteiger partial charge in [-0.15, -0.1) is 11.3 Å². The Morgan fingerprint density at radius 3 is 2.95 bits per heavy atom. The molecule has 4 nitrogen and oxygen atoms in total. The van der Waals surface area contributed by atoms with Gasteiger partial charge in [0.15, 0.2) is 5.15 Å². The fourth-order valence-corrected chi connectivity index (χ4v) is 3.45. The maximum atomic E-state index is 12.1. The highest BCUT2D eigenvalue weighted by Crippen LogP contribution is 2.30. The van der Waals surface area contributed by atoms with E-state index in [-0.39, 0.29) is 17.1 Å². The lowest BCUT2D eigenvalue weighted by molar-refractivity contribution is 0.0947. The van der Waals surface area contributed by atoms with Crippen molar-refractivity contribution in [2.45, 2.75) is 6.04 Å². The van der Waals surface area contributed by atoms with Gasteiger partial charge in [-0.25, -0.2) is 4.98 Å². The lowest BCUT2D eigenvalue weighted by Gasteiger charge is -2.25. The summed E-state index contributed by atoms with van der Waals surface area (Å²) in [5, 5.41) is 3.92. The number of halogens is 1. The van der Waals surface area contributed by atoms with E-state index in [1.54, 1.807) is 12.4 Å². The number of pyridine rings is 1. The Morgan fingerprint density at radius 2 is 2.32 bits per heavy atom. The van der Waals surface area contributed by atoms with Gasteiger partial charge in [0.25, 0.3) is 5.91 Å². The van der Waals surface area contributed by atoms with Gasteiger partial charge in [0.2, 0.25) is 0 Å². The van der Waals surface area contributed by atoms with Crippen molar-refractivity contribution in [2.75, 3.05) is 11.5 Å². The topological polar surface area (TPSA) is 54.9 Å². The van der Waals surface area contributed by atoms with Crippen molar-refractivity contribution in [1.82, 2.24) is 15.3 Å². The average molecular weight is 312 g/mol. The van der Waals surface area contributed by atoms with Gasteiger partial charge in [-0.1, -0.05) is 11.6 Å². The van der Waals surface area contributed by atoms with Gasteiger partial charge >= 0.3 is 0 Å². The zero-order valence-corrected chi connectivity index (χ0v) is 12.2. The third kappa shape index (κ3) is 2.75. The molecule has 3 rings (SSSR count). The number of hydrogen-bond acceptors (Lipinski definition) is 5. The highest BCUT2D eigenvalue weighted by atomic mass is 35.5. The smallest absolute Gasteiger partial charge is 0.264 e. The Labute approximate surface area is 123 Å². The lowest BCUT2D eigenvalue weighted by Crippen LogP contribution is -2.43. The number of aromatic nitrogens is 2. The second kappa shape index (κ2) is 5.48. The molecule has 1 aliphatic heterocycles. The summed E-state index contributed by atoms with van der Waals surface area (Å²) in [5.41, 5.74) is 0.868. The Kier molecular flexibility index (Phi) is 3.72. The highest BCUT2D eigenvalue weighted by Gasteiger charge is 2.24. The molecule has 2 aromatic heterocycles. The minimum absolute atomic E-state index is 0.136. The van der Waals surface area contributed by atoms with E-state index in [2.05, 4.69) is 15.3 Å². The molecule has 3 heterocycles. The van der Waals surface area contributed by atoms with Gasteiger partial charge in [-0.2, -0.15) is 11.8 Å². The van der Waals surface area contributed by atoms with Crippen LogP contribution in [0.1, 0.15) is 9.67 Å². The number of nitrogens with one attached hydrogen (secondary N) is 1. The first kappa shape index (κ1) is 12.9. The van der Waals surface area contributed by atoms with Crippen molar-refractivity contribution in [2.24, 2.45) is 0 Å². The molecule has 0 aromatic carbocycles. The van der Waals surface area contributed by atoms with Crippen LogP contribution < -0.4 is 5.32 Å². The van der Waals surface area contributed by atoms with Crippen molar-refractivity contribution in [3.8, 4) is 10.6 Å². The van der Waals surface area contributed by atoms with Gasteiger partial charge in [0, 0.05) is 35.5 Å². The number of amides is 1. The molecular weight excluding hydrogens is 302 g/mol. The molecule has 0 unspecified atom stereocenters. The minimum atomic E-state index is -0.136. The quantitative estimate of drug-likeness (QED) is 0.947. The zero-order valence-electron chi connectivity index (χ0n) is 9.80. The van der Waals surface area contributed by atoms with E-state index in [9.17, 15) is 4.79 Å². The van der Waals surface area contributed by atoms with E-state index in [1.165, 1.54) is 11.3 Å². The Balaban J connectivity index is 1.82. The molecule has 0 aliphatic carbocycles. The highest BCUT2D eigenvalue weighted by molar-refractivity contribution is 8.00. The van der Waals surface area contributed by atoms with Crippen LogP contribution in [0.2, 0.25) is 5.15 Å². The molecular formula is C12H10ClN3OS2. The molecule has 98 valence electrons. The fraction of sp³-hybridized carbons (Fsp3) is 0.250. The predicted octanol–water partition coefficient (Wildman–Crippen LogP) is 2.70. The number of carbonyl (C=O) groups excluding carboxylic acids is 1. The van der Waals surface area contributed by atoms with E-state index in [0.29, 0.717) is 9.88 Å². The molecule has 1 aliphatic rings. The summed E-state index contributed by atoms with van der Waals surface area (Å²) in [4.78, 5) is 20.8. The van der Waals surface area contributed by atoms with Crippen LogP contribution in [-0.4, -0.2) is 33.4 Å². The van der Waals surface area contributed by atoms with E-state index in [4.69, 9.17) is 11.6 Å². The molecule has 1 saturated heterocycles. The molecule has 2 aromatic rings. The number of rotatable bonds is 3. The SMILES string of the molecule is O=C(NC1CSC1)c1sc(-c2cccnc2)nc1Cl. The molecule has 1 N–H and O–H groups in total. The monoisotopic (exact) mass is 311 g/mol. The maximum absolute atomic E-state index is 12.1. The summed E-state index contributed by atoms with van der Waals surface area (Å²) in [6.07, 6.45) is 3.40. The van der Waals surface area contributed by atoms with Crippen LogP contribution in [0.5, 0.6) is 0 Å². The van der Waals surface area contributed by atoms with Crippen molar-refractivity contribution < 1.29 is 4.79 Å². The number of nitrogens with zero attached hydrogens (tertiary/aromatic N) is 2. The van der Waals surface area contributed by atoms with Gasteiger partial charge in [0.1, 0.15) is 9.88 Å². The summed E-state index contributed by atoms with van der Waals surface area (Å²) in [7, 11) is 0. The van der Waals surface area contributed by atoms with Crippen LogP contribution in [0.3, 0.4) is 0 Å². The Morgan fingerprint density at radius 1 is 1.47 bits per heavy atom. The van der Waals surface area contributed by atoms with Gasteiger partial charge in [-0.05, 0) is 12.1 Å². The Hall–Kier alpha value is -1.11. The van der Waals surface area contributed by atoms with Gasteiger partial charge < -0.3 is 5.32 Å². The molecule has 19 heavy (non-hydrogen) atoms.